The Morgan fingerprint density at radius 1 is 1.00 bits per heavy atom. The number of carbonyl (C=O) groups excluding carboxylic acids is 1. The van der Waals surface area contributed by atoms with Gasteiger partial charge in [0.1, 0.15) is 5.75 Å². The monoisotopic (exact) mass is 238 g/mol. The fraction of sp³-hybridized carbons (Fsp3) is 0.0625. The van der Waals surface area contributed by atoms with E-state index in [2.05, 4.69) is 0 Å². The van der Waals surface area contributed by atoms with Crippen LogP contribution in [0.4, 0.5) is 0 Å². The van der Waals surface area contributed by atoms with Gasteiger partial charge in [0.15, 0.2) is 5.78 Å². The first-order valence-corrected chi connectivity index (χ1v) is 5.71. The van der Waals surface area contributed by atoms with Crippen molar-refractivity contribution in [2.45, 2.75) is 0 Å². The second-order valence-electron chi connectivity index (χ2n) is 3.84. The number of ketones is 1. The molecule has 0 aliphatic heterocycles. The first-order valence-electron chi connectivity index (χ1n) is 5.71. The summed E-state index contributed by atoms with van der Waals surface area (Å²) in [5.41, 5.74) is 1.67. The predicted molar refractivity (Wildman–Crippen MR) is 72.8 cm³/mol. The van der Waals surface area contributed by atoms with Gasteiger partial charge in [-0.05, 0) is 35.9 Å². The lowest BCUT2D eigenvalue weighted by Gasteiger charge is -2.00. The Morgan fingerprint density at radius 3 is 2.28 bits per heavy atom. The molecule has 0 saturated carbocycles. The van der Waals surface area contributed by atoms with E-state index in [0.717, 1.165) is 11.3 Å². The molecule has 90 valence electrons. The Labute approximate surface area is 107 Å². The number of ether oxygens (including phenoxy) is 1. The molecule has 0 aliphatic rings. The minimum Gasteiger partial charge on any atom is -0.497 e. The molecular weight excluding hydrogens is 224 g/mol. The van der Waals surface area contributed by atoms with Crippen molar-refractivity contribution in [3.05, 3.63) is 71.8 Å². The molecule has 0 atom stereocenters. The highest BCUT2D eigenvalue weighted by molar-refractivity contribution is 6.06. The summed E-state index contributed by atoms with van der Waals surface area (Å²) in [5, 5.41) is 0. The predicted octanol–water partition coefficient (Wildman–Crippen LogP) is 3.59. The molecule has 2 aromatic rings. The van der Waals surface area contributed by atoms with Crippen LogP contribution in [0.5, 0.6) is 5.75 Å². The molecule has 0 amide bonds. The van der Waals surface area contributed by atoms with Gasteiger partial charge in [0.25, 0.3) is 0 Å². The second kappa shape index (κ2) is 5.82. The highest BCUT2D eigenvalue weighted by atomic mass is 16.5. The topological polar surface area (TPSA) is 26.3 Å². The summed E-state index contributed by atoms with van der Waals surface area (Å²) >= 11 is 0. The Balaban J connectivity index is 2.09. The van der Waals surface area contributed by atoms with Crippen LogP contribution in [0.2, 0.25) is 0 Å². The Bertz CT molecular complexity index is 539. The summed E-state index contributed by atoms with van der Waals surface area (Å²) in [6, 6.07) is 16.8. The average molecular weight is 238 g/mol. The Hall–Kier alpha value is -2.35. The third kappa shape index (κ3) is 3.08. The van der Waals surface area contributed by atoms with E-state index in [-0.39, 0.29) is 5.78 Å². The van der Waals surface area contributed by atoms with E-state index in [9.17, 15) is 4.79 Å². The maximum Gasteiger partial charge on any atom is 0.185 e. The summed E-state index contributed by atoms with van der Waals surface area (Å²) in [5.74, 6) is 0.736. The van der Waals surface area contributed by atoms with Crippen LogP contribution in [0.1, 0.15) is 15.9 Å². The van der Waals surface area contributed by atoms with Crippen LogP contribution in [-0.4, -0.2) is 12.9 Å². The molecule has 0 fully saturated rings. The molecule has 2 rings (SSSR count). The fourth-order valence-electron chi connectivity index (χ4n) is 1.59. The van der Waals surface area contributed by atoms with E-state index in [1.807, 2.05) is 36.4 Å². The first kappa shape index (κ1) is 12.1. The van der Waals surface area contributed by atoms with Crippen molar-refractivity contribution in [1.82, 2.24) is 0 Å². The summed E-state index contributed by atoms with van der Waals surface area (Å²) in [7, 11) is 1.60. The van der Waals surface area contributed by atoms with Crippen LogP contribution >= 0.6 is 0 Å². The summed E-state index contributed by atoms with van der Waals surface area (Å²) in [6.45, 7) is 0. The zero-order valence-electron chi connectivity index (χ0n) is 10.2. The van der Waals surface area contributed by atoms with Crippen molar-refractivity contribution >= 4 is 11.9 Å². The van der Waals surface area contributed by atoms with Crippen LogP contribution in [0, 0.1) is 0 Å². The molecular formula is C16H14O2. The van der Waals surface area contributed by atoms with E-state index in [4.69, 9.17) is 4.74 Å². The molecule has 0 aliphatic carbocycles. The summed E-state index contributed by atoms with van der Waals surface area (Å²) in [6.07, 6.45) is 3.39. The van der Waals surface area contributed by atoms with Gasteiger partial charge in [-0.1, -0.05) is 36.4 Å². The number of hydrogen-bond acceptors (Lipinski definition) is 2. The quantitative estimate of drug-likeness (QED) is 0.601. The SMILES string of the molecule is COc1ccc(C(=O)/C=C/c2ccccc2)cc1. The average Bonchev–Trinajstić information content (AvgIpc) is 2.46. The largest absolute Gasteiger partial charge is 0.497 e. The normalized spacial score (nSPS) is 10.5. The van der Waals surface area contributed by atoms with E-state index in [1.165, 1.54) is 0 Å². The molecule has 2 nitrogen and oxygen atoms in total. The van der Waals surface area contributed by atoms with E-state index >= 15 is 0 Å². The molecule has 2 heteroatoms. The lowest BCUT2D eigenvalue weighted by atomic mass is 10.1. The molecule has 0 aromatic heterocycles. The van der Waals surface area contributed by atoms with Gasteiger partial charge in [-0.3, -0.25) is 4.79 Å². The first-order chi connectivity index (χ1) is 8.79. The summed E-state index contributed by atoms with van der Waals surface area (Å²) < 4.78 is 5.05. The number of methoxy groups -OCH3 is 1. The number of rotatable bonds is 4. The minimum atomic E-state index is -0.0125. The highest BCUT2D eigenvalue weighted by Crippen LogP contribution is 2.12. The molecule has 0 N–H and O–H groups in total. The standard InChI is InChI=1S/C16H14O2/c1-18-15-10-8-14(9-11-15)16(17)12-7-13-5-3-2-4-6-13/h2-12H,1H3/b12-7+. The van der Waals surface area contributed by atoms with Gasteiger partial charge in [-0.25, -0.2) is 0 Å². The molecule has 0 radical (unpaired) electrons. The van der Waals surface area contributed by atoms with Crippen LogP contribution in [-0.2, 0) is 0 Å². The van der Waals surface area contributed by atoms with Crippen LogP contribution in [0.25, 0.3) is 6.08 Å². The zero-order chi connectivity index (χ0) is 12.8. The maximum absolute atomic E-state index is 11.9. The molecule has 0 bridgehead atoms. The number of allylic oxidation sites excluding steroid dienone is 1. The van der Waals surface area contributed by atoms with E-state index in [1.54, 1.807) is 37.5 Å². The summed E-state index contributed by atoms with van der Waals surface area (Å²) in [4.78, 5) is 11.9. The Kier molecular flexibility index (Phi) is 3.92. The molecule has 0 saturated heterocycles. The van der Waals surface area contributed by atoms with Gasteiger partial charge in [-0.15, -0.1) is 0 Å². The molecule has 0 heterocycles. The lowest BCUT2D eigenvalue weighted by molar-refractivity contribution is 0.104. The Morgan fingerprint density at radius 2 is 1.67 bits per heavy atom. The van der Waals surface area contributed by atoms with E-state index in [0.29, 0.717) is 5.56 Å². The van der Waals surface area contributed by atoms with E-state index < -0.39 is 0 Å². The minimum absolute atomic E-state index is 0.0125. The molecule has 2 aromatic carbocycles. The third-order valence-corrected chi connectivity index (χ3v) is 2.60. The van der Waals surface area contributed by atoms with Gasteiger partial charge >= 0.3 is 0 Å². The number of hydrogen-bond donors (Lipinski definition) is 0. The zero-order valence-corrected chi connectivity index (χ0v) is 10.2. The molecule has 0 spiro atoms. The molecule has 0 unspecified atom stereocenters. The van der Waals surface area contributed by atoms with Gasteiger partial charge in [0.2, 0.25) is 0 Å². The van der Waals surface area contributed by atoms with Crippen molar-refractivity contribution < 1.29 is 9.53 Å². The van der Waals surface area contributed by atoms with Crippen LogP contribution in [0.3, 0.4) is 0 Å². The van der Waals surface area contributed by atoms with Crippen molar-refractivity contribution in [2.24, 2.45) is 0 Å². The van der Waals surface area contributed by atoms with Gasteiger partial charge in [0.05, 0.1) is 7.11 Å². The van der Waals surface area contributed by atoms with Crippen molar-refractivity contribution in [3.63, 3.8) is 0 Å². The van der Waals surface area contributed by atoms with Gasteiger partial charge in [0, 0.05) is 5.56 Å². The van der Waals surface area contributed by atoms with Crippen molar-refractivity contribution in [1.29, 1.82) is 0 Å². The highest BCUT2D eigenvalue weighted by Gasteiger charge is 2.01. The second-order valence-corrected chi connectivity index (χ2v) is 3.84. The van der Waals surface area contributed by atoms with Crippen LogP contribution in [0.15, 0.2) is 60.7 Å². The number of carbonyl (C=O) groups is 1. The lowest BCUT2D eigenvalue weighted by Crippen LogP contribution is -1.94. The smallest absolute Gasteiger partial charge is 0.185 e. The molecule has 18 heavy (non-hydrogen) atoms. The third-order valence-electron chi connectivity index (χ3n) is 2.60. The van der Waals surface area contributed by atoms with Gasteiger partial charge in [-0.2, -0.15) is 0 Å². The van der Waals surface area contributed by atoms with Crippen molar-refractivity contribution in [2.75, 3.05) is 7.11 Å². The van der Waals surface area contributed by atoms with Crippen LogP contribution < -0.4 is 4.74 Å². The number of benzene rings is 2. The van der Waals surface area contributed by atoms with Crippen molar-refractivity contribution in [3.8, 4) is 5.75 Å². The fourth-order valence-corrected chi connectivity index (χ4v) is 1.59. The maximum atomic E-state index is 11.9. The van der Waals surface area contributed by atoms with Gasteiger partial charge < -0.3 is 4.74 Å².